The summed E-state index contributed by atoms with van der Waals surface area (Å²) in [6, 6.07) is 9.02. The maximum atomic E-state index is 12.0. The van der Waals surface area contributed by atoms with Crippen LogP contribution in [0.5, 0.6) is 0 Å². The van der Waals surface area contributed by atoms with E-state index in [2.05, 4.69) is 15.7 Å². The number of aromatic nitrogens is 2. The van der Waals surface area contributed by atoms with Gasteiger partial charge in [0.1, 0.15) is 25.0 Å². The van der Waals surface area contributed by atoms with Crippen molar-refractivity contribution in [2.45, 2.75) is 25.9 Å². The average molecular weight is 345 g/mol. The summed E-state index contributed by atoms with van der Waals surface area (Å²) in [6.45, 7) is 1.84. The third kappa shape index (κ3) is 5.72. The van der Waals surface area contributed by atoms with Crippen LogP contribution in [-0.2, 0) is 22.6 Å². The Bertz CT molecular complexity index is 744. The molecule has 1 aromatic heterocycles. The third-order valence-corrected chi connectivity index (χ3v) is 3.46. The summed E-state index contributed by atoms with van der Waals surface area (Å²) < 4.78 is 1.15. The van der Waals surface area contributed by atoms with Gasteiger partial charge in [0, 0.05) is 6.54 Å². The highest BCUT2D eigenvalue weighted by atomic mass is 16.6. The lowest BCUT2D eigenvalue weighted by molar-refractivity contribution is -0.385. The lowest BCUT2D eigenvalue weighted by Gasteiger charge is -2.14. The molecule has 0 fully saturated rings. The number of amides is 2. The fraction of sp³-hybridized carbons (Fsp3) is 0.312. The molecule has 9 heteroatoms. The molecule has 1 heterocycles. The van der Waals surface area contributed by atoms with Crippen molar-refractivity contribution in [3.8, 4) is 0 Å². The summed E-state index contributed by atoms with van der Waals surface area (Å²) in [7, 11) is 0. The topological polar surface area (TPSA) is 119 Å². The van der Waals surface area contributed by atoms with E-state index in [1.54, 1.807) is 6.92 Å². The van der Waals surface area contributed by atoms with Crippen LogP contribution in [0.2, 0.25) is 0 Å². The lowest BCUT2D eigenvalue weighted by Crippen LogP contribution is -2.46. The van der Waals surface area contributed by atoms with Crippen molar-refractivity contribution in [3.63, 3.8) is 0 Å². The van der Waals surface area contributed by atoms with Gasteiger partial charge in [0.2, 0.25) is 11.8 Å². The minimum atomic E-state index is -0.714. The molecule has 132 valence electrons. The van der Waals surface area contributed by atoms with Crippen molar-refractivity contribution in [3.05, 3.63) is 58.4 Å². The van der Waals surface area contributed by atoms with Gasteiger partial charge in [-0.3, -0.25) is 24.4 Å². The maximum absolute atomic E-state index is 12.0. The molecule has 0 saturated carbocycles. The molecule has 2 amide bonds. The Labute approximate surface area is 144 Å². The average Bonchev–Trinajstić information content (AvgIpc) is 3.04. The largest absolute Gasteiger partial charge is 0.354 e. The monoisotopic (exact) mass is 345 g/mol. The fourth-order valence-electron chi connectivity index (χ4n) is 2.16. The Morgan fingerprint density at radius 2 is 2.04 bits per heavy atom. The summed E-state index contributed by atoms with van der Waals surface area (Å²) in [6.07, 6.45) is 2.92. The standard InChI is InChI=1S/C16H19N5O4/c1-12(16(23)17-8-7-13-5-3-2-4-6-13)19-15(22)11-20-10-14(9-18-20)21(24)25/h2-6,9-10,12H,7-8,11H2,1H3,(H,17,23)(H,19,22)/t12-/m0/s1. The van der Waals surface area contributed by atoms with Gasteiger partial charge in [-0.2, -0.15) is 5.10 Å². The molecule has 0 aliphatic rings. The number of nitro groups is 1. The summed E-state index contributed by atoms with van der Waals surface area (Å²) in [5.74, 6) is -0.751. The second-order valence-corrected chi connectivity index (χ2v) is 5.47. The van der Waals surface area contributed by atoms with Crippen LogP contribution in [0.1, 0.15) is 12.5 Å². The molecule has 2 rings (SSSR count). The highest BCUT2D eigenvalue weighted by Gasteiger charge is 2.16. The molecule has 2 aromatic rings. The Hall–Kier alpha value is -3.23. The minimum Gasteiger partial charge on any atom is -0.354 e. The molecule has 9 nitrogen and oxygen atoms in total. The smallest absolute Gasteiger partial charge is 0.307 e. The predicted molar refractivity (Wildman–Crippen MR) is 89.6 cm³/mol. The van der Waals surface area contributed by atoms with Gasteiger partial charge in [-0.05, 0) is 18.9 Å². The molecular formula is C16H19N5O4. The molecule has 0 saturated heterocycles. The van der Waals surface area contributed by atoms with E-state index in [0.29, 0.717) is 13.0 Å². The number of carbonyl (C=O) groups excluding carboxylic acids is 2. The third-order valence-electron chi connectivity index (χ3n) is 3.46. The van der Waals surface area contributed by atoms with Crippen molar-refractivity contribution in [1.82, 2.24) is 20.4 Å². The molecule has 0 bridgehead atoms. The van der Waals surface area contributed by atoms with E-state index in [0.717, 1.165) is 22.6 Å². The molecule has 0 unspecified atom stereocenters. The number of rotatable bonds is 8. The van der Waals surface area contributed by atoms with Crippen LogP contribution >= 0.6 is 0 Å². The van der Waals surface area contributed by atoms with Crippen LogP contribution in [0.3, 0.4) is 0 Å². The van der Waals surface area contributed by atoms with Crippen LogP contribution in [0.15, 0.2) is 42.7 Å². The van der Waals surface area contributed by atoms with E-state index in [9.17, 15) is 19.7 Å². The zero-order valence-corrected chi connectivity index (χ0v) is 13.7. The summed E-state index contributed by atoms with van der Waals surface area (Å²) in [5.41, 5.74) is 0.916. The maximum Gasteiger partial charge on any atom is 0.307 e. The van der Waals surface area contributed by atoms with Crippen LogP contribution in [0.4, 0.5) is 5.69 Å². The second kappa shape index (κ2) is 8.57. The molecule has 25 heavy (non-hydrogen) atoms. The molecular weight excluding hydrogens is 326 g/mol. The lowest BCUT2D eigenvalue weighted by atomic mass is 10.1. The van der Waals surface area contributed by atoms with Crippen molar-refractivity contribution in [2.75, 3.05) is 6.54 Å². The Morgan fingerprint density at radius 3 is 2.68 bits per heavy atom. The quantitative estimate of drug-likeness (QED) is 0.538. The van der Waals surface area contributed by atoms with Crippen molar-refractivity contribution < 1.29 is 14.5 Å². The minimum absolute atomic E-state index is 0.195. The van der Waals surface area contributed by atoms with Gasteiger partial charge in [-0.1, -0.05) is 30.3 Å². The van der Waals surface area contributed by atoms with Gasteiger partial charge in [-0.15, -0.1) is 0 Å². The first-order chi connectivity index (χ1) is 12.0. The van der Waals surface area contributed by atoms with Gasteiger partial charge in [0.15, 0.2) is 0 Å². The summed E-state index contributed by atoms with van der Waals surface area (Å²) in [4.78, 5) is 33.8. The van der Waals surface area contributed by atoms with Gasteiger partial charge in [0.25, 0.3) is 0 Å². The predicted octanol–water partition coefficient (Wildman–Crippen LogP) is 0.655. The van der Waals surface area contributed by atoms with Gasteiger partial charge < -0.3 is 10.6 Å². The van der Waals surface area contributed by atoms with Gasteiger partial charge in [-0.25, -0.2) is 0 Å². The zero-order chi connectivity index (χ0) is 18.2. The highest BCUT2D eigenvalue weighted by Crippen LogP contribution is 2.07. The molecule has 0 radical (unpaired) electrons. The van der Waals surface area contributed by atoms with Crippen LogP contribution in [0, 0.1) is 10.1 Å². The van der Waals surface area contributed by atoms with Crippen molar-refractivity contribution in [1.29, 1.82) is 0 Å². The van der Waals surface area contributed by atoms with E-state index >= 15 is 0 Å². The first-order valence-electron chi connectivity index (χ1n) is 7.73. The van der Waals surface area contributed by atoms with E-state index in [-0.39, 0.29) is 18.1 Å². The van der Waals surface area contributed by atoms with E-state index in [1.807, 2.05) is 30.3 Å². The molecule has 0 aliphatic carbocycles. The van der Waals surface area contributed by atoms with Crippen LogP contribution in [-0.4, -0.2) is 39.1 Å². The van der Waals surface area contributed by atoms with Crippen molar-refractivity contribution in [2.24, 2.45) is 0 Å². The zero-order valence-electron chi connectivity index (χ0n) is 13.7. The van der Waals surface area contributed by atoms with Gasteiger partial charge in [0.05, 0.1) is 4.92 Å². The van der Waals surface area contributed by atoms with Gasteiger partial charge >= 0.3 is 5.69 Å². The summed E-state index contributed by atoms with van der Waals surface area (Å²) >= 11 is 0. The number of nitrogens with one attached hydrogen (secondary N) is 2. The molecule has 2 N–H and O–H groups in total. The highest BCUT2D eigenvalue weighted by molar-refractivity contribution is 5.87. The Balaban J connectivity index is 1.73. The SMILES string of the molecule is C[C@H](NC(=O)Cn1cc([N+](=O)[O-])cn1)C(=O)NCCc1ccccc1. The second-order valence-electron chi connectivity index (χ2n) is 5.47. The van der Waals surface area contributed by atoms with Crippen molar-refractivity contribution >= 4 is 17.5 Å². The van der Waals surface area contributed by atoms with E-state index in [4.69, 9.17) is 0 Å². The van der Waals surface area contributed by atoms with E-state index in [1.165, 1.54) is 0 Å². The number of nitrogens with zero attached hydrogens (tertiary/aromatic N) is 3. The number of hydrogen-bond donors (Lipinski definition) is 2. The molecule has 0 aliphatic heterocycles. The number of carbonyl (C=O) groups is 2. The first-order valence-corrected chi connectivity index (χ1v) is 7.73. The molecule has 1 atom stereocenters. The normalized spacial score (nSPS) is 11.6. The molecule has 1 aromatic carbocycles. The van der Waals surface area contributed by atoms with Crippen LogP contribution in [0.25, 0.3) is 0 Å². The Kier molecular flexibility index (Phi) is 6.21. The fourth-order valence-corrected chi connectivity index (χ4v) is 2.16. The Morgan fingerprint density at radius 1 is 1.32 bits per heavy atom. The first kappa shape index (κ1) is 18.1. The molecule has 0 spiro atoms. The van der Waals surface area contributed by atoms with E-state index < -0.39 is 16.9 Å². The number of benzene rings is 1. The van der Waals surface area contributed by atoms with Crippen LogP contribution < -0.4 is 10.6 Å². The number of hydrogen-bond acceptors (Lipinski definition) is 5. The summed E-state index contributed by atoms with van der Waals surface area (Å²) in [5, 5.41) is 19.6.